The van der Waals surface area contributed by atoms with Crippen molar-refractivity contribution < 1.29 is 4.74 Å². The number of rotatable bonds is 2. The molecule has 4 heteroatoms. The summed E-state index contributed by atoms with van der Waals surface area (Å²) in [6.07, 6.45) is 0.174. The molecule has 1 aliphatic rings. The Morgan fingerprint density at radius 1 is 1.13 bits per heavy atom. The Morgan fingerprint density at radius 3 is 2.78 bits per heavy atom. The van der Waals surface area contributed by atoms with E-state index in [0.29, 0.717) is 0 Å². The molecule has 3 aromatic rings. The number of imidazole rings is 1. The van der Waals surface area contributed by atoms with Gasteiger partial charge < -0.3 is 9.30 Å². The summed E-state index contributed by atoms with van der Waals surface area (Å²) in [6.45, 7) is 4.75. The van der Waals surface area contributed by atoms with Crippen LogP contribution in [0.15, 0.2) is 48.5 Å². The fourth-order valence-electron chi connectivity index (χ4n) is 3.33. The topological polar surface area (TPSA) is 30.3 Å². The van der Waals surface area contributed by atoms with Crippen molar-refractivity contribution in [3.05, 3.63) is 59.9 Å². The van der Waals surface area contributed by atoms with Crippen molar-refractivity contribution in [1.29, 1.82) is 0 Å². The maximum absolute atomic E-state index is 6.05. The van der Waals surface area contributed by atoms with Crippen LogP contribution in [0.4, 0.5) is 0 Å². The SMILES string of the molecule is CC1CN(Cc2nc3ccccc3n2C)Cc2ccccc2O1. The summed E-state index contributed by atoms with van der Waals surface area (Å²) in [5.41, 5.74) is 3.49. The highest BCUT2D eigenvalue weighted by molar-refractivity contribution is 5.75. The van der Waals surface area contributed by atoms with Crippen molar-refractivity contribution in [3.8, 4) is 5.75 Å². The summed E-state index contributed by atoms with van der Waals surface area (Å²) in [5.74, 6) is 2.10. The van der Waals surface area contributed by atoms with Gasteiger partial charge in [-0.2, -0.15) is 0 Å². The van der Waals surface area contributed by atoms with Gasteiger partial charge in [0.1, 0.15) is 17.7 Å². The number of aryl methyl sites for hydroxylation is 1. The fourth-order valence-corrected chi connectivity index (χ4v) is 3.33. The van der Waals surface area contributed by atoms with Crippen LogP contribution in [0.5, 0.6) is 5.75 Å². The molecular formula is C19H21N3O. The molecule has 2 aromatic carbocycles. The van der Waals surface area contributed by atoms with E-state index in [1.54, 1.807) is 0 Å². The lowest BCUT2D eigenvalue weighted by molar-refractivity contribution is 0.153. The monoisotopic (exact) mass is 307 g/mol. The minimum Gasteiger partial charge on any atom is -0.489 e. The smallest absolute Gasteiger partial charge is 0.124 e. The highest BCUT2D eigenvalue weighted by Crippen LogP contribution is 2.26. The van der Waals surface area contributed by atoms with Crippen molar-refractivity contribution in [2.24, 2.45) is 7.05 Å². The normalized spacial score (nSPS) is 18.4. The Kier molecular flexibility index (Phi) is 3.54. The molecule has 0 saturated heterocycles. The molecule has 0 aliphatic carbocycles. The van der Waals surface area contributed by atoms with Crippen molar-refractivity contribution in [1.82, 2.24) is 14.5 Å². The van der Waals surface area contributed by atoms with Gasteiger partial charge in [0, 0.05) is 25.7 Å². The molecule has 1 aliphatic heterocycles. The van der Waals surface area contributed by atoms with E-state index in [9.17, 15) is 0 Å². The first kappa shape index (κ1) is 14.3. The lowest BCUT2D eigenvalue weighted by atomic mass is 10.2. The number of hydrogen-bond acceptors (Lipinski definition) is 3. The number of ether oxygens (including phenoxy) is 1. The van der Waals surface area contributed by atoms with E-state index >= 15 is 0 Å². The Bertz CT molecular complexity index is 840. The highest BCUT2D eigenvalue weighted by atomic mass is 16.5. The number of aromatic nitrogens is 2. The second-order valence-electron chi connectivity index (χ2n) is 6.28. The molecule has 1 unspecified atom stereocenters. The Hall–Kier alpha value is -2.33. The van der Waals surface area contributed by atoms with Gasteiger partial charge in [0.15, 0.2) is 0 Å². The molecule has 118 valence electrons. The molecule has 0 bridgehead atoms. The number of nitrogens with zero attached hydrogens (tertiary/aromatic N) is 3. The molecule has 0 fully saturated rings. The van der Waals surface area contributed by atoms with Crippen LogP contribution in [-0.2, 0) is 20.1 Å². The summed E-state index contributed by atoms with van der Waals surface area (Å²) in [6, 6.07) is 16.6. The van der Waals surface area contributed by atoms with Crippen LogP contribution in [0.1, 0.15) is 18.3 Å². The quantitative estimate of drug-likeness (QED) is 0.727. The zero-order chi connectivity index (χ0) is 15.8. The van der Waals surface area contributed by atoms with Crippen LogP contribution in [0.2, 0.25) is 0 Å². The molecular weight excluding hydrogens is 286 g/mol. The van der Waals surface area contributed by atoms with Crippen LogP contribution < -0.4 is 4.74 Å². The largest absolute Gasteiger partial charge is 0.489 e. The minimum atomic E-state index is 0.174. The zero-order valence-corrected chi connectivity index (χ0v) is 13.6. The van der Waals surface area contributed by atoms with Crippen LogP contribution in [0, 0.1) is 0 Å². The highest BCUT2D eigenvalue weighted by Gasteiger charge is 2.21. The van der Waals surface area contributed by atoms with Gasteiger partial charge in [-0.25, -0.2) is 4.98 Å². The van der Waals surface area contributed by atoms with Crippen LogP contribution in [0.3, 0.4) is 0 Å². The molecule has 23 heavy (non-hydrogen) atoms. The molecule has 1 atom stereocenters. The van der Waals surface area contributed by atoms with Gasteiger partial charge in [-0.15, -0.1) is 0 Å². The van der Waals surface area contributed by atoms with E-state index in [0.717, 1.165) is 36.7 Å². The number of benzene rings is 2. The lowest BCUT2D eigenvalue weighted by Crippen LogP contribution is -2.31. The third kappa shape index (κ3) is 2.70. The summed E-state index contributed by atoms with van der Waals surface area (Å²) in [7, 11) is 2.09. The molecule has 2 heterocycles. The van der Waals surface area contributed by atoms with E-state index in [-0.39, 0.29) is 6.10 Å². The third-order valence-corrected chi connectivity index (χ3v) is 4.45. The first-order valence-corrected chi connectivity index (χ1v) is 8.08. The molecule has 0 saturated carbocycles. The number of hydrogen-bond donors (Lipinski definition) is 0. The van der Waals surface area contributed by atoms with Gasteiger partial charge in [0.05, 0.1) is 17.6 Å². The number of fused-ring (bicyclic) bond motifs is 2. The average molecular weight is 307 g/mol. The Balaban J connectivity index is 1.64. The first-order valence-electron chi connectivity index (χ1n) is 8.08. The van der Waals surface area contributed by atoms with E-state index in [2.05, 4.69) is 59.8 Å². The molecule has 0 N–H and O–H groups in total. The van der Waals surface area contributed by atoms with Crippen molar-refractivity contribution in [2.45, 2.75) is 26.1 Å². The van der Waals surface area contributed by atoms with Crippen molar-refractivity contribution in [2.75, 3.05) is 6.54 Å². The maximum atomic E-state index is 6.05. The van der Waals surface area contributed by atoms with Crippen molar-refractivity contribution in [3.63, 3.8) is 0 Å². The van der Waals surface area contributed by atoms with Crippen LogP contribution in [-0.4, -0.2) is 27.1 Å². The predicted molar refractivity (Wildman–Crippen MR) is 91.4 cm³/mol. The zero-order valence-electron chi connectivity index (χ0n) is 13.6. The van der Waals surface area contributed by atoms with Crippen LogP contribution in [0.25, 0.3) is 11.0 Å². The summed E-state index contributed by atoms with van der Waals surface area (Å²) in [5, 5.41) is 0. The molecule has 0 spiro atoms. The van der Waals surface area contributed by atoms with E-state index in [4.69, 9.17) is 9.72 Å². The molecule has 4 nitrogen and oxygen atoms in total. The minimum absolute atomic E-state index is 0.174. The van der Waals surface area contributed by atoms with E-state index < -0.39 is 0 Å². The number of para-hydroxylation sites is 3. The van der Waals surface area contributed by atoms with Gasteiger partial charge in [0.2, 0.25) is 0 Å². The lowest BCUT2D eigenvalue weighted by Gasteiger charge is -2.21. The molecule has 4 rings (SSSR count). The van der Waals surface area contributed by atoms with Crippen LogP contribution >= 0.6 is 0 Å². The van der Waals surface area contributed by atoms with Gasteiger partial charge in [-0.05, 0) is 25.1 Å². The third-order valence-electron chi connectivity index (χ3n) is 4.45. The first-order chi connectivity index (χ1) is 11.2. The summed E-state index contributed by atoms with van der Waals surface area (Å²) >= 11 is 0. The molecule has 1 aromatic heterocycles. The Labute approximate surface area is 136 Å². The van der Waals surface area contributed by atoms with Gasteiger partial charge in [0.25, 0.3) is 0 Å². The average Bonchev–Trinajstić information content (AvgIpc) is 2.75. The Morgan fingerprint density at radius 2 is 1.91 bits per heavy atom. The van der Waals surface area contributed by atoms with Crippen molar-refractivity contribution >= 4 is 11.0 Å². The van der Waals surface area contributed by atoms with Gasteiger partial charge in [-0.1, -0.05) is 30.3 Å². The predicted octanol–water partition coefficient (Wildman–Crippen LogP) is 3.36. The van der Waals surface area contributed by atoms with E-state index in [1.165, 1.54) is 11.1 Å². The fraction of sp³-hybridized carbons (Fsp3) is 0.316. The summed E-state index contributed by atoms with van der Waals surface area (Å²) < 4.78 is 8.24. The van der Waals surface area contributed by atoms with Gasteiger partial charge >= 0.3 is 0 Å². The molecule has 0 radical (unpaired) electrons. The second kappa shape index (κ2) is 5.70. The standard InChI is InChI=1S/C19H21N3O/c1-14-11-22(12-15-7-3-6-10-18(15)23-14)13-19-20-16-8-4-5-9-17(16)21(19)2/h3-10,14H,11-13H2,1-2H3. The maximum Gasteiger partial charge on any atom is 0.124 e. The second-order valence-corrected chi connectivity index (χ2v) is 6.28. The van der Waals surface area contributed by atoms with Gasteiger partial charge in [-0.3, -0.25) is 4.90 Å². The molecule has 0 amide bonds. The summed E-state index contributed by atoms with van der Waals surface area (Å²) in [4.78, 5) is 7.21. The van der Waals surface area contributed by atoms with E-state index in [1.807, 2.05) is 12.1 Å².